The number of hydrogen-bond donors (Lipinski definition) is 2. The van der Waals surface area contributed by atoms with Crippen molar-refractivity contribution in [2.75, 3.05) is 46.4 Å². The Labute approximate surface area is 137 Å². The molecule has 1 fully saturated rings. The summed E-state index contributed by atoms with van der Waals surface area (Å²) >= 11 is 12.5. The Morgan fingerprint density at radius 2 is 1.76 bits per heavy atom. The smallest absolute Gasteiger partial charge is 0.138 e. The normalized spacial score (nSPS) is 22.3. The molecule has 5 heteroatoms. The second kappa shape index (κ2) is 7.68. The van der Waals surface area contributed by atoms with Crippen molar-refractivity contribution in [2.24, 2.45) is 0 Å². The molecule has 0 spiro atoms. The first-order chi connectivity index (χ1) is 9.99. The SMILES string of the molecule is Cc1cc(OCCC[NH+]2CC[NH+](C)CC2)c(Cl)c(C)c1Cl. The molecule has 1 heterocycles. The van der Waals surface area contributed by atoms with E-state index in [0.717, 1.165) is 28.3 Å². The minimum atomic E-state index is 0.640. The van der Waals surface area contributed by atoms with Crippen LogP contribution in [0.15, 0.2) is 6.07 Å². The lowest BCUT2D eigenvalue weighted by Gasteiger charge is -2.27. The molecule has 1 aliphatic rings. The van der Waals surface area contributed by atoms with Crippen LogP contribution < -0.4 is 14.5 Å². The molecule has 1 aromatic rings. The summed E-state index contributed by atoms with van der Waals surface area (Å²) in [6.07, 6.45) is 1.06. The van der Waals surface area contributed by atoms with Gasteiger partial charge in [0, 0.05) is 11.4 Å². The maximum atomic E-state index is 6.30. The van der Waals surface area contributed by atoms with Crippen molar-refractivity contribution in [1.82, 2.24) is 0 Å². The van der Waals surface area contributed by atoms with E-state index in [2.05, 4.69) is 7.05 Å². The van der Waals surface area contributed by atoms with Crippen molar-refractivity contribution in [3.05, 3.63) is 27.2 Å². The maximum absolute atomic E-state index is 6.30. The summed E-state index contributed by atoms with van der Waals surface area (Å²) in [5.74, 6) is 0.758. The van der Waals surface area contributed by atoms with E-state index in [9.17, 15) is 0 Å². The largest absolute Gasteiger partial charge is 0.492 e. The average molecular weight is 333 g/mol. The predicted molar refractivity (Wildman–Crippen MR) is 88.2 cm³/mol. The Morgan fingerprint density at radius 1 is 1.10 bits per heavy atom. The highest BCUT2D eigenvalue weighted by Gasteiger charge is 2.19. The van der Waals surface area contributed by atoms with Gasteiger partial charge in [-0.25, -0.2) is 0 Å². The van der Waals surface area contributed by atoms with Crippen molar-refractivity contribution in [3.63, 3.8) is 0 Å². The van der Waals surface area contributed by atoms with Crippen molar-refractivity contribution in [3.8, 4) is 5.75 Å². The zero-order chi connectivity index (χ0) is 15.4. The van der Waals surface area contributed by atoms with Crippen LogP contribution in [-0.4, -0.2) is 46.4 Å². The predicted octanol–water partition coefficient (Wildman–Crippen LogP) is 0.792. The lowest BCUT2D eigenvalue weighted by molar-refractivity contribution is -1.00. The third-order valence-corrected chi connectivity index (χ3v) is 5.36. The van der Waals surface area contributed by atoms with Crippen LogP contribution in [0, 0.1) is 13.8 Å². The molecule has 0 aromatic heterocycles. The summed E-state index contributed by atoms with van der Waals surface area (Å²) in [6.45, 7) is 10.9. The van der Waals surface area contributed by atoms with Gasteiger partial charge in [0.2, 0.25) is 0 Å². The first kappa shape index (κ1) is 16.9. The molecular formula is C16H26Cl2N2O+2. The molecule has 0 bridgehead atoms. The fraction of sp³-hybridized carbons (Fsp3) is 0.625. The maximum Gasteiger partial charge on any atom is 0.138 e. The van der Waals surface area contributed by atoms with Crippen molar-refractivity contribution in [1.29, 1.82) is 0 Å². The number of hydrogen-bond acceptors (Lipinski definition) is 1. The Kier molecular flexibility index (Phi) is 6.18. The highest BCUT2D eigenvalue weighted by atomic mass is 35.5. The van der Waals surface area contributed by atoms with Gasteiger partial charge in [-0.3, -0.25) is 0 Å². The first-order valence-electron chi connectivity index (χ1n) is 7.72. The van der Waals surface area contributed by atoms with E-state index < -0.39 is 0 Å². The zero-order valence-electron chi connectivity index (χ0n) is 13.2. The minimum absolute atomic E-state index is 0.640. The molecular weight excluding hydrogens is 307 g/mol. The minimum Gasteiger partial charge on any atom is -0.492 e. The van der Waals surface area contributed by atoms with Crippen molar-refractivity contribution < 1.29 is 14.5 Å². The number of quaternary nitrogens is 2. The summed E-state index contributed by atoms with van der Waals surface area (Å²) in [5.41, 5.74) is 1.92. The molecule has 1 aromatic carbocycles. The van der Waals surface area contributed by atoms with Gasteiger partial charge in [-0.2, -0.15) is 0 Å². The molecule has 0 radical (unpaired) electrons. The summed E-state index contributed by atoms with van der Waals surface area (Å²) in [4.78, 5) is 3.34. The fourth-order valence-corrected chi connectivity index (χ4v) is 3.19. The third kappa shape index (κ3) is 4.49. The number of benzene rings is 1. The van der Waals surface area contributed by atoms with Gasteiger partial charge >= 0.3 is 0 Å². The molecule has 1 saturated heterocycles. The standard InChI is InChI=1S/C16H24Cl2N2O/c1-12-11-14(16(18)13(2)15(12)17)21-10-4-5-20-8-6-19(3)7-9-20/h11H,4-10H2,1-3H3/p+2. The number of ether oxygens (including phenoxy) is 1. The molecule has 1 aliphatic heterocycles. The zero-order valence-corrected chi connectivity index (χ0v) is 14.7. The van der Waals surface area contributed by atoms with Crippen LogP contribution in [-0.2, 0) is 0 Å². The van der Waals surface area contributed by atoms with Gasteiger partial charge in [-0.15, -0.1) is 0 Å². The summed E-state index contributed by atoms with van der Waals surface area (Å²) in [6, 6.07) is 1.93. The van der Waals surface area contributed by atoms with Gasteiger partial charge in [0.05, 0.1) is 25.2 Å². The number of likely N-dealkylation sites (N-methyl/N-ethyl adjacent to an activating group) is 1. The van der Waals surface area contributed by atoms with Gasteiger partial charge in [-0.1, -0.05) is 23.2 Å². The van der Waals surface area contributed by atoms with Crippen LogP contribution in [0.4, 0.5) is 0 Å². The number of rotatable bonds is 5. The fourth-order valence-electron chi connectivity index (χ4n) is 2.79. The number of halogens is 2. The van der Waals surface area contributed by atoms with E-state index in [1.165, 1.54) is 32.7 Å². The van der Waals surface area contributed by atoms with Gasteiger partial charge in [-0.05, 0) is 31.0 Å². The summed E-state index contributed by atoms with van der Waals surface area (Å²) in [5, 5.41) is 1.37. The van der Waals surface area contributed by atoms with E-state index in [-0.39, 0.29) is 0 Å². The molecule has 118 valence electrons. The van der Waals surface area contributed by atoms with Crippen molar-refractivity contribution >= 4 is 23.2 Å². The van der Waals surface area contributed by atoms with E-state index in [1.54, 1.807) is 9.80 Å². The molecule has 0 amide bonds. The van der Waals surface area contributed by atoms with Crippen LogP contribution in [0.2, 0.25) is 10.0 Å². The Morgan fingerprint density at radius 3 is 2.43 bits per heavy atom. The second-order valence-electron chi connectivity index (χ2n) is 6.10. The van der Waals surface area contributed by atoms with E-state index in [4.69, 9.17) is 27.9 Å². The van der Waals surface area contributed by atoms with Crippen LogP contribution in [0.3, 0.4) is 0 Å². The summed E-state index contributed by atoms with van der Waals surface area (Å²) in [7, 11) is 2.27. The topological polar surface area (TPSA) is 18.1 Å². The Bertz CT molecular complexity index is 486. The molecule has 0 saturated carbocycles. The lowest BCUT2D eigenvalue weighted by Crippen LogP contribution is -3.27. The molecule has 0 aliphatic carbocycles. The quantitative estimate of drug-likeness (QED) is 0.763. The third-order valence-electron chi connectivity index (χ3n) is 4.31. The molecule has 3 nitrogen and oxygen atoms in total. The van der Waals surface area contributed by atoms with Crippen LogP contribution in [0.1, 0.15) is 17.5 Å². The van der Waals surface area contributed by atoms with Gasteiger partial charge in [0.1, 0.15) is 31.9 Å². The van der Waals surface area contributed by atoms with Gasteiger partial charge < -0.3 is 14.5 Å². The summed E-state index contributed by atoms with van der Waals surface area (Å²) < 4.78 is 5.86. The van der Waals surface area contributed by atoms with Crippen LogP contribution in [0.25, 0.3) is 0 Å². The monoisotopic (exact) mass is 332 g/mol. The van der Waals surface area contributed by atoms with Crippen LogP contribution >= 0.6 is 23.2 Å². The van der Waals surface area contributed by atoms with E-state index in [1.807, 2.05) is 19.9 Å². The molecule has 0 unspecified atom stereocenters. The van der Waals surface area contributed by atoms with Crippen LogP contribution in [0.5, 0.6) is 5.75 Å². The molecule has 2 rings (SSSR count). The second-order valence-corrected chi connectivity index (χ2v) is 6.86. The Hall–Kier alpha value is -0.480. The molecule has 0 atom stereocenters. The highest BCUT2D eigenvalue weighted by Crippen LogP contribution is 2.35. The Balaban J connectivity index is 1.79. The van der Waals surface area contributed by atoms with Gasteiger partial charge in [0.15, 0.2) is 0 Å². The average Bonchev–Trinajstić information content (AvgIpc) is 2.48. The number of piperazine rings is 1. The first-order valence-corrected chi connectivity index (χ1v) is 8.47. The number of nitrogens with one attached hydrogen (secondary N) is 2. The lowest BCUT2D eigenvalue weighted by atomic mass is 10.1. The van der Waals surface area contributed by atoms with Crippen molar-refractivity contribution in [2.45, 2.75) is 20.3 Å². The molecule has 2 N–H and O–H groups in total. The molecule has 21 heavy (non-hydrogen) atoms. The number of aryl methyl sites for hydroxylation is 1. The van der Waals surface area contributed by atoms with E-state index >= 15 is 0 Å². The highest BCUT2D eigenvalue weighted by molar-refractivity contribution is 6.37. The van der Waals surface area contributed by atoms with Gasteiger partial charge in [0.25, 0.3) is 0 Å². The van der Waals surface area contributed by atoms with E-state index in [0.29, 0.717) is 11.6 Å².